The van der Waals surface area contributed by atoms with E-state index in [1.54, 1.807) is 16.8 Å². The number of hydrogen-bond donors (Lipinski definition) is 2. The number of H-pyrrole nitrogens is 1. The van der Waals surface area contributed by atoms with E-state index in [0.717, 1.165) is 11.8 Å². The molecule has 3 aliphatic carbocycles. The Morgan fingerprint density at radius 1 is 1.05 bits per heavy atom. The van der Waals surface area contributed by atoms with Crippen molar-refractivity contribution in [3.8, 4) is 0 Å². The Labute approximate surface area is 120 Å². The van der Waals surface area contributed by atoms with Crippen molar-refractivity contribution in [3.63, 3.8) is 0 Å². The minimum Gasteiger partial charge on any atom is -0.361 e. The van der Waals surface area contributed by atoms with Gasteiger partial charge in [-0.15, -0.1) is 0 Å². The summed E-state index contributed by atoms with van der Waals surface area (Å²) in [5.41, 5.74) is 6.29. The first-order valence-corrected chi connectivity index (χ1v) is 8.24. The van der Waals surface area contributed by atoms with Crippen molar-refractivity contribution in [2.75, 3.05) is 0 Å². The molecule has 2 heteroatoms. The zero-order valence-corrected chi connectivity index (χ0v) is 11.9. The summed E-state index contributed by atoms with van der Waals surface area (Å²) in [5, 5.41) is 3.89. The van der Waals surface area contributed by atoms with Crippen LogP contribution < -0.4 is 5.32 Å². The van der Waals surface area contributed by atoms with Gasteiger partial charge in [-0.1, -0.05) is 24.3 Å². The lowest BCUT2D eigenvalue weighted by Crippen LogP contribution is -2.33. The Kier molecular flexibility index (Phi) is 2.34. The average molecular weight is 266 g/mol. The van der Waals surface area contributed by atoms with Crippen LogP contribution >= 0.6 is 0 Å². The van der Waals surface area contributed by atoms with E-state index in [1.807, 2.05) is 0 Å². The lowest BCUT2D eigenvalue weighted by Gasteiger charge is -2.30. The van der Waals surface area contributed by atoms with Crippen LogP contribution in [-0.2, 0) is 12.8 Å². The molecule has 2 N–H and O–H groups in total. The Morgan fingerprint density at radius 2 is 2.05 bits per heavy atom. The topological polar surface area (TPSA) is 27.8 Å². The average Bonchev–Trinajstić information content (AvgIpc) is 3.04. The van der Waals surface area contributed by atoms with E-state index in [1.165, 1.54) is 44.2 Å². The summed E-state index contributed by atoms with van der Waals surface area (Å²) < 4.78 is 0. The maximum Gasteiger partial charge on any atom is 0.0288 e. The first-order valence-electron chi connectivity index (χ1n) is 8.24. The summed E-state index contributed by atoms with van der Waals surface area (Å²) in [5.74, 6) is 1.54. The van der Waals surface area contributed by atoms with Crippen LogP contribution in [0.15, 0.2) is 18.2 Å². The maximum absolute atomic E-state index is 3.89. The second-order valence-electron chi connectivity index (χ2n) is 6.88. The standard InChI is InChI=1S/C18H22N2/c1-3-7-14-11(5-1)12-9-10-16-17(18(12)20-14)13-6-2-4-8-15(13)19-16/h1,4-5,8,13,15-17,19-20H,2-3,6-7,9-10H2. The summed E-state index contributed by atoms with van der Waals surface area (Å²) in [6.07, 6.45) is 17.1. The highest BCUT2D eigenvalue weighted by Gasteiger charge is 2.46. The third-order valence-electron chi connectivity index (χ3n) is 5.92. The molecule has 0 saturated carbocycles. The van der Waals surface area contributed by atoms with Gasteiger partial charge in [0.25, 0.3) is 0 Å². The van der Waals surface area contributed by atoms with Crippen molar-refractivity contribution in [2.24, 2.45) is 5.92 Å². The predicted molar refractivity (Wildman–Crippen MR) is 81.8 cm³/mol. The highest BCUT2D eigenvalue weighted by molar-refractivity contribution is 5.62. The molecule has 0 amide bonds. The van der Waals surface area contributed by atoms with E-state index in [-0.39, 0.29) is 0 Å². The molecule has 104 valence electrons. The second kappa shape index (κ2) is 4.11. The molecule has 0 bridgehead atoms. The van der Waals surface area contributed by atoms with E-state index in [2.05, 4.69) is 34.6 Å². The fourth-order valence-electron chi connectivity index (χ4n) is 5.08. The van der Waals surface area contributed by atoms with Gasteiger partial charge in [0.05, 0.1) is 0 Å². The fraction of sp³-hybridized carbons (Fsp3) is 0.556. The van der Waals surface area contributed by atoms with Crippen molar-refractivity contribution in [3.05, 3.63) is 40.7 Å². The second-order valence-corrected chi connectivity index (χ2v) is 6.88. The van der Waals surface area contributed by atoms with Crippen LogP contribution in [0.2, 0.25) is 0 Å². The molecule has 4 atom stereocenters. The molecule has 4 aliphatic rings. The Morgan fingerprint density at radius 3 is 3.05 bits per heavy atom. The highest BCUT2D eigenvalue weighted by Crippen LogP contribution is 2.47. The molecule has 2 nitrogen and oxygen atoms in total. The molecule has 0 radical (unpaired) electrons. The van der Waals surface area contributed by atoms with Crippen molar-refractivity contribution in [1.29, 1.82) is 0 Å². The van der Waals surface area contributed by atoms with Crippen molar-refractivity contribution < 1.29 is 0 Å². The van der Waals surface area contributed by atoms with Gasteiger partial charge in [0, 0.05) is 29.4 Å². The minimum absolute atomic E-state index is 0.626. The summed E-state index contributed by atoms with van der Waals surface area (Å²) in [4.78, 5) is 3.84. The maximum atomic E-state index is 3.89. The van der Waals surface area contributed by atoms with Crippen molar-refractivity contribution >= 4 is 6.08 Å². The van der Waals surface area contributed by atoms with Crippen LogP contribution in [0.3, 0.4) is 0 Å². The quantitative estimate of drug-likeness (QED) is 0.693. The van der Waals surface area contributed by atoms with Crippen molar-refractivity contribution in [2.45, 2.75) is 56.5 Å². The van der Waals surface area contributed by atoms with Gasteiger partial charge in [0.15, 0.2) is 0 Å². The Hall–Kier alpha value is -1.28. The van der Waals surface area contributed by atoms with Gasteiger partial charge in [-0.3, -0.25) is 0 Å². The first-order chi connectivity index (χ1) is 9.92. The molecule has 20 heavy (non-hydrogen) atoms. The lowest BCUT2D eigenvalue weighted by molar-refractivity contribution is 0.387. The van der Waals surface area contributed by atoms with Crippen LogP contribution in [0.25, 0.3) is 6.08 Å². The Balaban J connectivity index is 1.62. The number of hydrogen-bond acceptors (Lipinski definition) is 1. The van der Waals surface area contributed by atoms with Gasteiger partial charge in [0.1, 0.15) is 0 Å². The summed E-state index contributed by atoms with van der Waals surface area (Å²) in [6, 6.07) is 1.32. The third kappa shape index (κ3) is 1.43. The number of allylic oxidation sites excluding steroid dienone is 2. The summed E-state index contributed by atoms with van der Waals surface area (Å²) in [6.45, 7) is 0. The van der Waals surface area contributed by atoms with Gasteiger partial charge in [-0.05, 0) is 55.6 Å². The van der Waals surface area contributed by atoms with Gasteiger partial charge in [0.2, 0.25) is 0 Å². The molecule has 1 saturated heterocycles. The smallest absolute Gasteiger partial charge is 0.0288 e. The first kappa shape index (κ1) is 11.4. The molecule has 1 aromatic heterocycles. The number of rotatable bonds is 0. The zero-order valence-electron chi connectivity index (χ0n) is 11.9. The monoisotopic (exact) mass is 266 g/mol. The fourth-order valence-corrected chi connectivity index (χ4v) is 5.08. The number of nitrogens with one attached hydrogen (secondary N) is 2. The molecule has 1 fully saturated rings. The number of aryl methyl sites for hydroxylation is 1. The van der Waals surface area contributed by atoms with Crippen LogP contribution in [0.4, 0.5) is 0 Å². The van der Waals surface area contributed by atoms with Crippen molar-refractivity contribution in [1.82, 2.24) is 10.3 Å². The summed E-state index contributed by atoms with van der Waals surface area (Å²) in [7, 11) is 0. The van der Waals surface area contributed by atoms with E-state index < -0.39 is 0 Å². The van der Waals surface area contributed by atoms with Gasteiger partial charge < -0.3 is 10.3 Å². The van der Waals surface area contributed by atoms with Gasteiger partial charge >= 0.3 is 0 Å². The molecule has 2 heterocycles. The van der Waals surface area contributed by atoms with E-state index >= 15 is 0 Å². The minimum atomic E-state index is 0.626. The highest BCUT2D eigenvalue weighted by atomic mass is 15.0. The largest absolute Gasteiger partial charge is 0.361 e. The Bertz CT molecular complexity index is 607. The van der Waals surface area contributed by atoms with Crippen LogP contribution in [0.1, 0.15) is 54.1 Å². The number of aromatic amines is 1. The number of aromatic nitrogens is 1. The molecular formula is C18H22N2. The normalized spacial score (nSPS) is 37.2. The van der Waals surface area contributed by atoms with Gasteiger partial charge in [-0.25, -0.2) is 0 Å². The summed E-state index contributed by atoms with van der Waals surface area (Å²) >= 11 is 0. The molecule has 0 spiro atoms. The molecule has 0 aromatic carbocycles. The lowest BCUT2D eigenvalue weighted by atomic mass is 9.74. The van der Waals surface area contributed by atoms with E-state index in [0.29, 0.717) is 12.1 Å². The molecule has 1 aromatic rings. The van der Waals surface area contributed by atoms with E-state index in [9.17, 15) is 0 Å². The van der Waals surface area contributed by atoms with Crippen LogP contribution in [0, 0.1) is 5.92 Å². The molecule has 5 rings (SSSR count). The SMILES string of the molecule is C1=Cc2c([nH]c3c2CCC2NC4C=CCCC4C32)CC1. The molecule has 4 unspecified atom stereocenters. The third-order valence-corrected chi connectivity index (χ3v) is 5.92. The zero-order chi connectivity index (χ0) is 13.1. The van der Waals surface area contributed by atoms with Crippen LogP contribution in [0.5, 0.6) is 0 Å². The predicted octanol–water partition coefficient (Wildman–Crippen LogP) is 3.31. The van der Waals surface area contributed by atoms with E-state index in [4.69, 9.17) is 0 Å². The van der Waals surface area contributed by atoms with Crippen LogP contribution in [-0.4, -0.2) is 17.1 Å². The van der Waals surface area contributed by atoms with Gasteiger partial charge in [-0.2, -0.15) is 0 Å². The number of fused-ring (bicyclic) bond motifs is 7. The molecular weight excluding hydrogens is 244 g/mol. The molecule has 1 aliphatic heterocycles.